The van der Waals surface area contributed by atoms with E-state index in [2.05, 4.69) is 60.2 Å². The molecule has 4 heteroatoms. The number of likely N-dealkylation sites (N-methyl/N-ethyl adjacent to an activating group) is 1. The summed E-state index contributed by atoms with van der Waals surface area (Å²) in [5.41, 5.74) is 4.11. The number of rotatable bonds is 6. The van der Waals surface area contributed by atoms with Crippen LogP contribution in [0.25, 0.3) is 0 Å². The lowest BCUT2D eigenvalue weighted by molar-refractivity contribution is 0.145. The lowest BCUT2D eigenvalue weighted by atomic mass is 9.84. The minimum atomic E-state index is 0.367. The summed E-state index contributed by atoms with van der Waals surface area (Å²) in [6, 6.07) is 15.2. The first-order valence-corrected chi connectivity index (χ1v) is 11.0. The van der Waals surface area contributed by atoms with E-state index in [4.69, 9.17) is 9.47 Å². The number of fused-ring (bicyclic) bond motifs is 1. The van der Waals surface area contributed by atoms with Gasteiger partial charge in [-0.1, -0.05) is 25.1 Å². The van der Waals surface area contributed by atoms with Gasteiger partial charge in [0.2, 0.25) is 0 Å². The van der Waals surface area contributed by atoms with Crippen LogP contribution in [0, 0.1) is 5.92 Å². The molecule has 0 N–H and O–H groups in total. The van der Waals surface area contributed by atoms with E-state index in [9.17, 15) is 0 Å². The molecule has 4 nitrogen and oxygen atoms in total. The van der Waals surface area contributed by atoms with Crippen LogP contribution in [0.15, 0.2) is 42.5 Å². The zero-order valence-corrected chi connectivity index (χ0v) is 18.1. The summed E-state index contributed by atoms with van der Waals surface area (Å²) < 4.78 is 11.7. The molecule has 1 fully saturated rings. The van der Waals surface area contributed by atoms with Crippen molar-refractivity contribution in [1.29, 1.82) is 0 Å². The van der Waals surface area contributed by atoms with Crippen molar-refractivity contribution in [2.24, 2.45) is 5.92 Å². The quantitative estimate of drug-likeness (QED) is 0.726. The number of ether oxygens (including phenoxy) is 2. The molecule has 0 aromatic heterocycles. The van der Waals surface area contributed by atoms with E-state index in [1.54, 1.807) is 7.11 Å². The molecule has 2 aromatic carbocycles. The van der Waals surface area contributed by atoms with Crippen molar-refractivity contribution in [3.8, 4) is 11.5 Å². The van der Waals surface area contributed by atoms with Crippen LogP contribution < -0.4 is 9.47 Å². The fourth-order valence-electron chi connectivity index (χ4n) is 4.74. The molecular weight excluding hydrogens is 360 g/mol. The molecular formula is C25H34N2O2. The molecule has 0 radical (unpaired) electrons. The van der Waals surface area contributed by atoms with E-state index in [0.717, 1.165) is 31.2 Å². The van der Waals surface area contributed by atoms with Crippen molar-refractivity contribution in [2.75, 3.05) is 46.9 Å². The summed E-state index contributed by atoms with van der Waals surface area (Å²) in [5.74, 6) is 2.99. The van der Waals surface area contributed by atoms with E-state index >= 15 is 0 Å². The van der Waals surface area contributed by atoms with Crippen LogP contribution in [-0.2, 0) is 6.54 Å². The number of nitrogens with zero attached hydrogens (tertiary/aromatic N) is 2. The Balaban J connectivity index is 1.46. The largest absolute Gasteiger partial charge is 0.497 e. The average Bonchev–Trinajstić information content (AvgIpc) is 2.77. The van der Waals surface area contributed by atoms with E-state index in [1.165, 1.54) is 49.2 Å². The molecule has 0 spiro atoms. The van der Waals surface area contributed by atoms with Crippen LogP contribution in [0.3, 0.4) is 0 Å². The number of piperidine rings is 1. The van der Waals surface area contributed by atoms with Crippen molar-refractivity contribution in [2.45, 2.75) is 32.2 Å². The Morgan fingerprint density at radius 2 is 1.86 bits per heavy atom. The van der Waals surface area contributed by atoms with Crippen molar-refractivity contribution >= 4 is 0 Å². The molecule has 2 aliphatic rings. The number of hydrogen-bond acceptors (Lipinski definition) is 4. The summed E-state index contributed by atoms with van der Waals surface area (Å²) in [6.07, 6.45) is 2.50. The molecule has 0 amide bonds. The first-order chi connectivity index (χ1) is 14.2. The molecule has 1 atom stereocenters. The number of hydrogen-bond donors (Lipinski definition) is 0. The molecule has 2 heterocycles. The van der Waals surface area contributed by atoms with Crippen molar-refractivity contribution in [1.82, 2.24) is 9.80 Å². The number of benzene rings is 2. The zero-order chi connectivity index (χ0) is 20.2. The van der Waals surface area contributed by atoms with Crippen LogP contribution in [0.4, 0.5) is 0 Å². The SMILES string of the molecule is CCN1CCC(COc2ccc3c(c2)CN(C)CC3c2cccc(OC)c2)CC1. The van der Waals surface area contributed by atoms with Gasteiger partial charge >= 0.3 is 0 Å². The van der Waals surface area contributed by atoms with Crippen molar-refractivity contribution < 1.29 is 9.47 Å². The summed E-state index contributed by atoms with van der Waals surface area (Å²) in [4.78, 5) is 4.93. The van der Waals surface area contributed by atoms with Crippen LogP contribution in [0.1, 0.15) is 42.4 Å². The lowest BCUT2D eigenvalue weighted by Crippen LogP contribution is -2.35. The van der Waals surface area contributed by atoms with Gasteiger partial charge < -0.3 is 19.3 Å². The maximum absolute atomic E-state index is 6.24. The topological polar surface area (TPSA) is 24.9 Å². The molecule has 2 aromatic rings. The summed E-state index contributed by atoms with van der Waals surface area (Å²) >= 11 is 0. The van der Waals surface area contributed by atoms with Gasteiger partial charge in [0.25, 0.3) is 0 Å². The predicted molar refractivity (Wildman–Crippen MR) is 118 cm³/mol. The molecule has 1 saturated heterocycles. The van der Waals surface area contributed by atoms with Gasteiger partial charge in [0.05, 0.1) is 13.7 Å². The fraction of sp³-hybridized carbons (Fsp3) is 0.520. The highest BCUT2D eigenvalue weighted by Gasteiger charge is 2.26. The predicted octanol–water partition coefficient (Wildman–Crippen LogP) is 4.38. The highest BCUT2D eigenvalue weighted by Crippen LogP contribution is 2.36. The average molecular weight is 395 g/mol. The van der Waals surface area contributed by atoms with E-state index in [1.807, 2.05) is 6.07 Å². The van der Waals surface area contributed by atoms with E-state index in [0.29, 0.717) is 11.8 Å². The Hall–Kier alpha value is -2.04. The van der Waals surface area contributed by atoms with Crippen LogP contribution in [0.5, 0.6) is 11.5 Å². The maximum atomic E-state index is 6.24. The minimum absolute atomic E-state index is 0.367. The Morgan fingerprint density at radius 1 is 1.03 bits per heavy atom. The van der Waals surface area contributed by atoms with Gasteiger partial charge in [-0.25, -0.2) is 0 Å². The van der Waals surface area contributed by atoms with E-state index < -0.39 is 0 Å². The molecule has 1 unspecified atom stereocenters. The third kappa shape index (κ3) is 4.76. The Kier molecular flexibility index (Phi) is 6.41. The molecule has 29 heavy (non-hydrogen) atoms. The smallest absolute Gasteiger partial charge is 0.119 e. The standard InChI is InChI=1S/C25H34N2O2/c1-4-27-12-10-19(11-13-27)18-29-23-8-9-24-21(15-23)16-26(2)17-25(24)20-6-5-7-22(14-20)28-3/h5-9,14-15,19,25H,4,10-13,16-18H2,1-3H3. The monoisotopic (exact) mass is 394 g/mol. The normalized spacial score (nSPS) is 21.0. The molecule has 4 rings (SSSR count). The fourth-order valence-corrected chi connectivity index (χ4v) is 4.74. The third-order valence-electron chi connectivity index (χ3n) is 6.56. The molecule has 156 valence electrons. The van der Waals surface area contributed by atoms with Gasteiger partial charge in [-0.3, -0.25) is 0 Å². The maximum Gasteiger partial charge on any atom is 0.119 e. The van der Waals surface area contributed by atoms with Gasteiger partial charge in [-0.15, -0.1) is 0 Å². The zero-order valence-electron chi connectivity index (χ0n) is 18.1. The van der Waals surface area contributed by atoms with E-state index in [-0.39, 0.29) is 0 Å². The molecule has 2 aliphatic heterocycles. The van der Waals surface area contributed by atoms with Gasteiger partial charge in [-0.05, 0) is 86.4 Å². The van der Waals surface area contributed by atoms with Crippen LogP contribution in [-0.4, -0.2) is 56.7 Å². The van der Waals surface area contributed by atoms with Gasteiger partial charge in [0.15, 0.2) is 0 Å². The second-order valence-corrected chi connectivity index (χ2v) is 8.58. The third-order valence-corrected chi connectivity index (χ3v) is 6.56. The van der Waals surface area contributed by atoms with Gasteiger partial charge in [0, 0.05) is 19.0 Å². The lowest BCUT2D eigenvalue weighted by Gasteiger charge is -2.33. The van der Waals surface area contributed by atoms with Gasteiger partial charge in [-0.2, -0.15) is 0 Å². The first kappa shape index (κ1) is 20.2. The van der Waals surface area contributed by atoms with Crippen molar-refractivity contribution in [3.05, 3.63) is 59.2 Å². The summed E-state index contributed by atoms with van der Waals surface area (Å²) in [5, 5.41) is 0. The Morgan fingerprint density at radius 3 is 2.62 bits per heavy atom. The van der Waals surface area contributed by atoms with Gasteiger partial charge in [0.1, 0.15) is 11.5 Å². The highest BCUT2D eigenvalue weighted by atomic mass is 16.5. The summed E-state index contributed by atoms with van der Waals surface area (Å²) in [7, 11) is 3.93. The second kappa shape index (κ2) is 9.19. The van der Waals surface area contributed by atoms with Crippen molar-refractivity contribution in [3.63, 3.8) is 0 Å². The first-order valence-electron chi connectivity index (χ1n) is 11.0. The number of methoxy groups -OCH3 is 1. The number of likely N-dealkylation sites (tertiary alicyclic amines) is 1. The Bertz CT molecular complexity index is 814. The minimum Gasteiger partial charge on any atom is -0.497 e. The van der Waals surface area contributed by atoms with Crippen LogP contribution in [0.2, 0.25) is 0 Å². The summed E-state index contributed by atoms with van der Waals surface area (Å²) in [6.45, 7) is 8.67. The second-order valence-electron chi connectivity index (χ2n) is 8.58. The highest BCUT2D eigenvalue weighted by molar-refractivity contribution is 5.45. The molecule has 0 bridgehead atoms. The van der Waals surface area contributed by atoms with Crippen LogP contribution >= 0.6 is 0 Å². The molecule has 0 saturated carbocycles. The Labute approximate surface area is 175 Å². The molecule has 0 aliphatic carbocycles.